The van der Waals surface area contributed by atoms with E-state index in [1.54, 1.807) is 0 Å². The SMILES string of the molecule is O=C(C(Br)Cc1c(F)cccc1F)C1CC1. The smallest absolute Gasteiger partial charge is 0.149 e. The molecule has 2 rings (SSSR count). The molecule has 0 heterocycles. The van der Waals surface area contributed by atoms with E-state index in [1.165, 1.54) is 18.2 Å². The zero-order chi connectivity index (χ0) is 11.7. The average Bonchev–Trinajstić information content (AvgIpc) is 3.06. The van der Waals surface area contributed by atoms with Gasteiger partial charge in [-0.15, -0.1) is 0 Å². The van der Waals surface area contributed by atoms with Crippen molar-refractivity contribution in [2.75, 3.05) is 0 Å². The van der Waals surface area contributed by atoms with Gasteiger partial charge in [0, 0.05) is 11.5 Å². The lowest BCUT2D eigenvalue weighted by atomic mass is 10.0. The molecule has 1 nitrogen and oxygen atoms in total. The number of Topliss-reactive ketones (excluding diaryl/α,β-unsaturated/α-hetero) is 1. The fourth-order valence-corrected chi connectivity index (χ4v) is 2.33. The summed E-state index contributed by atoms with van der Waals surface area (Å²) >= 11 is 3.21. The van der Waals surface area contributed by atoms with Gasteiger partial charge in [-0.2, -0.15) is 0 Å². The Morgan fingerprint density at radius 3 is 2.44 bits per heavy atom. The molecule has 4 heteroatoms. The standard InChI is InChI=1S/C12H11BrF2O/c13-9(12(16)7-4-5-7)6-8-10(14)2-1-3-11(8)15/h1-3,7,9H,4-6H2. The maximum atomic E-state index is 13.3. The predicted octanol–water partition coefficient (Wildman–Crippen LogP) is 3.25. The van der Waals surface area contributed by atoms with Crippen LogP contribution in [0.25, 0.3) is 0 Å². The average molecular weight is 289 g/mol. The summed E-state index contributed by atoms with van der Waals surface area (Å²) in [7, 11) is 0. The first-order chi connectivity index (χ1) is 7.59. The summed E-state index contributed by atoms with van der Waals surface area (Å²) in [5.41, 5.74) is -0.0154. The largest absolute Gasteiger partial charge is 0.298 e. The van der Waals surface area contributed by atoms with Gasteiger partial charge in [0.15, 0.2) is 0 Å². The van der Waals surface area contributed by atoms with Crippen LogP contribution in [0.15, 0.2) is 18.2 Å². The number of hydrogen-bond donors (Lipinski definition) is 0. The minimum Gasteiger partial charge on any atom is -0.298 e. The van der Waals surface area contributed by atoms with Crippen LogP contribution in [0.4, 0.5) is 8.78 Å². The van der Waals surface area contributed by atoms with Gasteiger partial charge in [0.25, 0.3) is 0 Å². The van der Waals surface area contributed by atoms with Crippen molar-refractivity contribution >= 4 is 21.7 Å². The lowest BCUT2D eigenvalue weighted by Gasteiger charge is -2.09. The van der Waals surface area contributed by atoms with E-state index >= 15 is 0 Å². The Bertz CT molecular complexity index is 395. The molecule has 0 bridgehead atoms. The Kier molecular flexibility index (Phi) is 3.38. The molecule has 1 atom stereocenters. The first kappa shape index (κ1) is 11.7. The summed E-state index contributed by atoms with van der Waals surface area (Å²) in [5, 5.41) is 0. The summed E-state index contributed by atoms with van der Waals surface area (Å²) in [4.78, 5) is 11.2. The second kappa shape index (κ2) is 4.62. The Morgan fingerprint density at radius 1 is 1.38 bits per heavy atom. The molecule has 0 aromatic heterocycles. The highest BCUT2D eigenvalue weighted by molar-refractivity contribution is 9.10. The van der Waals surface area contributed by atoms with E-state index in [4.69, 9.17) is 0 Å². The topological polar surface area (TPSA) is 17.1 Å². The van der Waals surface area contributed by atoms with Crippen molar-refractivity contribution in [2.45, 2.75) is 24.1 Å². The molecule has 0 saturated heterocycles. The molecule has 1 saturated carbocycles. The molecule has 1 aliphatic carbocycles. The monoisotopic (exact) mass is 288 g/mol. The zero-order valence-corrected chi connectivity index (χ0v) is 10.1. The van der Waals surface area contributed by atoms with Crippen LogP contribution in [0.2, 0.25) is 0 Å². The third-order valence-corrected chi connectivity index (χ3v) is 3.51. The van der Waals surface area contributed by atoms with Gasteiger partial charge in [0.05, 0.1) is 4.83 Å². The normalized spacial score (nSPS) is 17.2. The molecular formula is C12H11BrF2O. The second-order valence-corrected chi connectivity index (χ2v) is 5.15. The van der Waals surface area contributed by atoms with Gasteiger partial charge in [-0.1, -0.05) is 22.0 Å². The Labute approximate surface area is 101 Å². The Hall–Kier alpha value is -0.770. The Balaban J connectivity index is 2.10. The third-order valence-electron chi connectivity index (χ3n) is 2.73. The number of benzene rings is 1. The first-order valence-electron chi connectivity index (χ1n) is 5.20. The molecule has 0 spiro atoms. The van der Waals surface area contributed by atoms with Crippen LogP contribution >= 0.6 is 15.9 Å². The van der Waals surface area contributed by atoms with Crippen molar-refractivity contribution in [1.82, 2.24) is 0 Å². The van der Waals surface area contributed by atoms with Gasteiger partial charge in [0.2, 0.25) is 0 Å². The maximum absolute atomic E-state index is 13.3. The molecule has 86 valence electrons. The molecular weight excluding hydrogens is 278 g/mol. The van der Waals surface area contributed by atoms with Crippen LogP contribution in [-0.4, -0.2) is 10.6 Å². The number of ketones is 1. The van der Waals surface area contributed by atoms with Crippen molar-refractivity contribution in [1.29, 1.82) is 0 Å². The molecule has 1 unspecified atom stereocenters. The molecule has 0 N–H and O–H groups in total. The van der Waals surface area contributed by atoms with E-state index in [0.717, 1.165) is 12.8 Å². The van der Waals surface area contributed by atoms with Gasteiger partial charge < -0.3 is 0 Å². The summed E-state index contributed by atoms with van der Waals surface area (Å²) in [5.74, 6) is -1.03. The van der Waals surface area contributed by atoms with E-state index in [-0.39, 0.29) is 23.7 Å². The highest BCUT2D eigenvalue weighted by atomic mass is 79.9. The van der Waals surface area contributed by atoms with Crippen molar-refractivity contribution in [3.63, 3.8) is 0 Å². The molecule has 0 aliphatic heterocycles. The number of alkyl halides is 1. The highest BCUT2D eigenvalue weighted by Crippen LogP contribution is 2.33. The lowest BCUT2D eigenvalue weighted by molar-refractivity contribution is -0.119. The molecule has 1 aliphatic rings. The summed E-state index contributed by atoms with van der Waals surface area (Å²) < 4.78 is 26.6. The van der Waals surface area contributed by atoms with Crippen molar-refractivity contribution in [2.24, 2.45) is 5.92 Å². The van der Waals surface area contributed by atoms with Crippen LogP contribution in [0.5, 0.6) is 0 Å². The van der Waals surface area contributed by atoms with Gasteiger partial charge in [-0.25, -0.2) is 8.78 Å². The van der Waals surface area contributed by atoms with Crippen LogP contribution in [-0.2, 0) is 11.2 Å². The minimum atomic E-state index is -0.590. The van der Waals surface area contributed by atoms with Crippen LogP contribution < -0.4 is 0 Å². The lowest BCUT2D eigenvalue weighted by Crippen LogP contribution is -2.19. The fourth-order valence-electron chi connectivity index (χ4n) is 1.63. The van der Waals surface area contributed by atoms with E-state index < -0.39 is 16.5 Å². The second-order valence-electron chi connectivity index (χ2n) is 4.05. The maximum Gasteiger partial charge on any atom is 0.149 e. The summed E-state index contributed by atoms with van der Waals surface area (Å²) in [6, 6.07) is 3.74. The third kappa shape index (κ3) is 2.48. The number of halogens is 3. The molecule has 1 aromatic rings. The number of carbonyl (C=O) groups excluding carboxylic acids is 1. The van der Waals surface area contributed by atoms with Crippen LogP contribution in [0, 0.1) is 17.6 Å². The van der Waals surface area contributed by atoms with Crippen molar-refractivity contribution < 1.29 is 13.6 Å². The van der Waals surface area contributed by atoms with Crippen LogP contribution in [0.3, 0.4) is 0 Å². The Morgan fingerprint density at radius 2 is 1.94 bits per heavy atom. The zero-order valence-electron chi connectivity index (χ0n) is 8.55. The molecule has 1 fully saturated rings. The first-order valence-corrected chi connectivity index (χ1v) is 6.12. The van der Waals surface area contributed by atoms with Gasteiger partial charge in [-0.3, -0.25) is 4.79 Å². The summed E-state index contributed by atoms with van der Waals surface area (Å²) in [6.45, 7) is 0. The van der Waals surface area contributed by atoms with Gasteiger partial charge in [-0.05, 0) is 31.4 Å². The molecule has 0 radical (unpaired) electrons. The van der Waals surface area contributed by atoms with E-state index in [2.05, 4.69) is 15.9 Å². The fraction of sp³-hybridized carbons (Fsp3) is 0.417. The molecule has 1 aromatic carbocycles. The van der Waals surface area contributed by atoms with Crippen molar-refractivity contribution in [3.05, 3.63) is 35.4 Å². The molecule has 16 heavy (non-hydrogen) atoms. The van der Waals surface area contributed by atoms with Crippen LogP contribution in [0.1, 0.15) is 18.4 Å². The van der Waals surface area contributed by atoms with Gasteiger partial charge >= 0.3 is 0 Å². The predicted molar refractivity (Wildman–Crippen MR) is 60.5 cm³/mol. The molecule has 0 amide bonds. The van der Waals surface area contributed by atoms with E-state index in [9.17, 15) is 13.6 Å². The summed E-state index contributed by atoms with van der Waals surface area (Å²) in [6.07, 6.45) is 1.88. The van der Waals surface area contributed by atoms with Gasteiger partial charge in [0.1, 0.15) is 17.4 Å². The highest BCUT2D eigenvalue weighted by Gasteiger charge is 2.34. The quantitative estimate of drug-likeness (QED) is 0.778. The number of hydrogen-bond acceptors (Lipinski definition) is 1. The number of carbonyl (C=O) groups is 1. The number of rotatable bonds is 4. The van der Waals surface area contributed by atoms with E-state index in [0.29, 0.717) is 0 Å². The minimum absolute atomic E-state index is 0.0154. The van der Waals surface area contributed by atoms with Crippen molar-refractivity contribution in [3.8, 4) is 0 Å². The van der Waals surface area contributed by atoms with E-state index in [1.807, 2.05) is 0 Å².